The highest BCUT2D eigenvalue weighted by Gasteiger charge is 2.25. The Hall–Kier alpha value is -2.01. The largest absolute Gasteiger partial charge is 0.399 e. The average molecular weight is 277 g/mol. The van der Waals surface area contributed by atoms with Gasteiger partial charge in [0.1, 0.15) is 0 Å². The van der Waals surface area contributed by atoms with Gasteiger partial charge in [-0.05, 0) is 31.0 Å². The SMILES string of the molecule is Nc1ccc(Cl)c(Nc2nccn(C3CC3)c2=O)c1. The van der Waals surface area contributed by atoms with Crippen molar-refractivity contribution >= 4 is 28.8 Å². The zero-order valence-electron chi connectivity index (χ0n) is 10.1. The molecule has 98 valence electrons. The van der Waals surface area contributed by atoms with Crippen molar-refractivity contribution in [2.75, 3.05) is 11.1 Å². The first-order valence-corrected chi connectivity index (χ1v) is 6.42. The zero-order chi connectivity index (χ0) is 13.4. The second kappa shape index (κ2) is 4.59. The molecule has 1 saturated carbocycles. The lowest BCUT2D eigenvalue weighted by atomic mass is 10.3. The normalized spacial score (nSPS) is 14.4. The van der Waals surface area contributed by atoms with Gasteiger partial charge in [0.2, 0.25) is 0 Å². The summed E-state index contributed by atoms with van der Waals surface area (Å²) in [5.41, 5.74) is 6.73. The average Bonchev–Trinajstić information content (AvgIpc) is 3.20. The summed E-state index contributed by atoms with van der Waals surface area (Å²) in [5.74, 6) is 0.266. The molecule has 0 unspecified atom stereocenters. The van der Waals surface area contributed by atoms with E-state index in [0.717, 1.165) is 12.8 Å². The van der Waals surface area contributed by atoms with Gasteiger partial charge >= 0.3 is 0 Å². The minimum absolute atomic E-state index is 0.136. The molecular formula is C13H13ClN4O. The lowest BCUT2D eigenvalue weighted by Gasteiger charge is -2.10. The Labute approximate surface area is 115 Å². The molecule has 1 aromatic carbocycles. The van der Waals surface area contributed by atoms with E-state index in [-0.39, 0.29) is 11.4 Å². The van der Waals surface area contributed by atoms with Gasteiger partial charge in [-0.1, -0.05) is 11.6 Å². The number of anilines is 3. The van der Waals surface area contributed by atoms with Crippen LogP contribution in [-0.2, 0) is 0 Å². The van der Waals surface area contributed by atoms with Crippen LogP contribution < -0.4 is 16.6 Å². The summed E-state index contributed by atoms with van der Waals surface area (Å²) in [6, 6.07) is 5.38. The second-order valence-electron chi connectivity index (χ2n) is 4.58. The lowest BCUT2D eigenvalue weighted by molar-refractivity contribution is 0.701. The number of benzene rings is 1. The Morgan fingerprint density at radius 1 is 1.42 bits per heavy atom. The van der Waals surface area contributed by atoms with E-state index in [0.29, 0.717) is 22.4 Å². The zero-order valence-corrected chi connectivity index (χ0v) is 10.9. The number of nitrogens with zero attached hydrogens (tertiary/aromatic N) is 2. The van der Waals surface area contributed by atoms with E-state index in [2.05, 4.69) is 10.3 Å². The molecule has 0 radical (unpaired) electrons. The molecule has 1 fully saturated rings. The van der Waals surface area contributed by atoms with Crippen molar-refractivity contribution in [3.63, 3.8) is 0 Å². The summed E-state index contributed by atoms with van der Waals surface area (Å²) in [6.07, 6.45) is 5.42. The van der Waals surface area contributed by atoms with Gasteiger partial charge in [-0.2, -0.15) is 0 Å². The number of rotatable bonds is 3. The number of nitrogens with one attached hydrogen (secondary N) is 1. The molecule has 0 saturated heterocycles. The first kappa shape index (κ1) is 12.0. The number of aromatic nitrogens is 2. The summed E-state index contributed by atoms with van der Waals surface area (Å²) in [7, 11) is 0. The molecular weight excluding hydrogens is 264 g/mol. The third-order valence-electron chi connectivity index (χ3n) is 3.05. The van der Waals surface area contributed by atoms with Crippen LogP contribution in [0.3, 0.4) is 0 Å². The number of nitrogens with two attached hydrogens (primary N) is 1. The van der Waals surface area contributed by atoms with Crippen LogP contribution in [-0.4, -0.2) is 9.55 Å². The van der Waals surface area contributed by atoms with Gasteiger partial charge < -0.3 is 15.6 Å². The van der Waals surface area contributed by atoms with E-state index >= 15 is 0 Å². The molecule has 0 atom stereocenters. The van der Waals surface area contributed by atoms with Crippen LogP contribution in [0.5, 0.6) is 0 Å². The lowest BCUT2D eigenvalue weighted by Crippen LogP contribution is -2.22. The van der Waals surface area contributed by atoms with Crippen molar-refractivity contribution < 1.29 is 0 Å². The molecule has 0 bridgehead atoms. The maximum absolute atomic E-state index is 12.2. The highest BCUT2D eigenvalue weighted by molar-refractivity contribution is 6.33. The maximum atomic E-state index is 12.2. The van der Waals surface area contributed by atoms with E-state index in [4.69, 9.17) is 17.3 Å². The fraction of sp³-hybridized carbons (Fsp3) is 0.231. The monoisotopic (exact) mass is 276 g/mol. The van der Waals surface area contributed by atoms with Gasteiger partial charge in [0.25, 0.3) is 5.56 Å². The first-order chi connectivity index (χ1) is 9.15. The van der Waals surface area contributed by atoms with E-state index < -0.39 is 0 Å². The highest BCUT2D eigenvalue weighted by atomic mass is 35.5. The van der Waals surface area contributed by atoms with Crippen LogP contribution in [0.4, 0.5) is 17.2 Å². The minimum atomic E-state index is -0.136. The van der Waals surface area contributed by atoms with Crippen molar-refractivity contribution in [2.45, 2.75) is 18.9 Å². The fourth-order valence-electron chi connectivity index (χ4n) is 1.92. The van der Waals surface area contributed by atoms with Crippen LogP contribution in [0, 0.1) is 0 Å². The maximum Gasteiger partial charge on any atom is 0.293 e. The van der Waals surface area contributed by atoms with E-state index in [1.807, 2.05) is 0 Å². The van der Waals surface area contributed by atoms with Crippen molar-refractivity contribution in [3.8, 4) is 0 Å². The Bertz CT molecular complexity index is 679. The minimum Gasteiger partial charge on any atom is -0.399 e. The summed E-state index contributed by atoms with van der Waals surface area (Å²) in [6.45, 7) is 0. The fourth-order valence-corrected chi connectivity index (χ4v) is 2.08. The van der Waals surface area contributed by atoms with Gasteiger partial charge in [0, 0.05) is 24.1 Å². The van der Waals surface area contributed by atoms with Crippen molar-refractivity contribution in [1.82, 2.24) is 9.55 Å². The highest BCUT2D eigenvalue weighted by Crippen LogP contribution is 2.33. The Morgan fingerprint density at radius 2 is 2.21 bits per heavy atom. The van der Waals surface area contributed by atoms with Crippen molar-refractivity contribution in [3.05, 3.63) is 46.0 Å². The third kappa shape index (κ3) is 2.42. The van der Waals surface area contributed by atoms with Gasteiger partial charge in [0.05, 0.1) is 10.7 Å². The molecule has 1 aromatic heterocycles. The molecule has 6 heteroatoms. The van der Waals surface area contributed by atoms with Gasteiger partial charge in [-0.3, -0.25) is 4.79 Å². The third-order valence-corrected chi connectivity index (χ3v) is 3.38. The molecule has 1 aliphatic rings. The van der Waals surface area contributed by atoms with E-state index in [1.165, 1.54) is 0 Å². The molecule has 2 aromatic rings. The molecule has 1 heterocycles. The van der Waals surface area contributed by atoms with E-state index in [1.54, 1.807) is 35.2 Å². The molecule has 3 rings (SSSR count). The van der Waals surface area contributed by atoms with E-state index in [9.17, 15) is 4.79 Å². The quantitative estimate of drug-likeness (QED) is 0.845. The topological polar surface area (TPSA) is 72.9 Å². The summed E-state index contributed by atoms with van der Waals surface area (Å²) < 4.78 is 1.70. The molecule has 1 aliphatic carbocycles. The van der Waals surface area contributed by atoms with Crippen molar-refractivity contribution in [1.29, 1.82) is 0 Å². The Kier molecular flexibility index (Phi) is 2.91. The number of nitrogen functional groups attached to an aromatic ring is 1. The molecule has 0 amide bonds. The Morgan fingerprint density at radius 3 is 2.95 bits per heavy atom. The standard InChI is InChI=1S/C13H13ClN4O/c14-10-4-1-8(15)7-11(10)17-12-13(19)18(6-5-16-12)9-2-3-9/h1,4-7,9H,2-3,15H2,(H,16,17). The number of hydrogen-bond donors (Lipinski definition) is 2. The van der Waals surface area contributed by atoms with Crippen molar-refractivity contribution in [2.24, 2.45) is 0 Å². The van der Waals surface area contributed by atoms with Crippen LogP contribution >= 0.6 is 11.6 Å². The number of hydrogen-bond acceptors (Lipinski definition) is 4. The Balaban J connectivity index is 1.97. The summed E-state index contributed by atoms with van der Waals surface area (Å²) >= 11 is 6.06. The van der Waals surface area contributed by atoms with Crippen LogP contribution in [0.25, 0.3) is 0 Å². The second-order valence-corrected chi connectivity index (χ2v) is 4.99. The van der Waals surface area contributed by atoms with Crippen LogP contribution in [0.2, 0.25) is 5.02 Å². The first-order valence-electron chi connectivity index (χ1n) is 6.04. The van der Waals surface area contributed by atoms with Crippen LogP contribution in [0.15, 0.2) is 35.4 Å². The predicted octanol–water partition coefficient (Wildman–Crippen LogP) is 2.56. The number of halogens is 1. The smallest absolute Gasteiger partial charge is 0.293 e. The molecule has 3 N–H and O–H groups in total. The van der Waals surface area contributed by atoms with Gasteiger partial charge in [-0.15, -0.1) is 0 Å². The molecule has 0 spiro atoms. The van der Waals surface area contributed by atoms with Crippen LogP contribution in [0.1, 0.15) is 18.9 Å². The molecule has 19 heavy (non-hydrogen) atoms. The predicted molar refractivity (Wildman–Crippen MR) is 75.9 cm³/mol. The molecule has 0 aliphatic heterocycles. The van der Waals surface area contributed by atoms with Gasteiger partial charge in [0.15, 0.2) is 5.82 Å². The molecule has 5 nitrogen and oxygen atoms in total. The van der Waals surface area contributed by atoms with Gasteiger partial charge in [-0.25, -0.2) is 4.98 Å². The summed E-state index contributed by atoms with van der Waals surface area (Å²) in [4.78, 5) is 16.3. The summed E-state index contributed by atoms with van der Waals surface area (Å²) in [5, 5.41) is 3.45.